The summed E-state index contributed by atoms with van der Waals surface area (Å²) in [4.78, 5) is 21.1. The van der Waals surface area contributed by atoms with Gasteiger partial charge >= 0.3 is 6.03 Å². The van der Waals surface area contributed by atoms with Crippen LogP contribution in [0.2, 0.25) is 10.0 Å². The number of urea groups is 1. The normalized spacial score (nSPS) is 9.62. The van der Waals surface area contributed by atoms with Crippen LogP contribution in [0.1, 0.15) is 5.56 Å². The van der Waals surface area contributed by atoms with Crippen molar-refractivity contribution in [1.82, 2.24) is 10.6 Å². The van der Waals surface area contributed by atoms with Crippen molar-refractivity contribution in [1.29, 1.82) is 0 Å². The van der Waals surface area contributed by atoms with E-state index in [9.17, 15) is 9.59 Å². The van der Waals surface area contributed by atoms with Gasteiger partial charge in [-0.2, -0.15) is 0 Å². The van der Waals surface area contributed by atoms with E-state index in [1.165, 1.54) is 0 Å². The molecule has 0 saturated carbocycles. The van der Waals surface area contributed by atoms with Crippen LogP contribution in [0, 0.1) is 0 Å². The zero-order chi connectivity index (χ0) is 12.0. The van der Waals surface area contributed by atoms with Crippen LogP contribution in [-0.2, 0) is 11.3 Å². The highest BCUT2D eigenvalue weighted by atomic mass is 35.5. The summed E-state index contributed by atoms with van der Waals surface area (Å²) in [6, 6.07) is 4.60. The zero-order valence-electron chi connectivity index (χ0n) is 8.30. The Morgan fingerprint density at radius 2 is 2.06 bits per heavy atom. The van der Waals surface area contributed by atoms with Crippen molar-refractivity contribution < 1.29 is 9.59 Å². The molecule has 0 atom stereocenters. The third-order valence-electron chi connectivity index (χ3n) is 1.80. The highest BCUT2D eigenvalue weighted by molar-refractivity contribution is 6.35. The molecule has 0 aliphatic carbocycles. The van der Waals surface area contributed by atoms with Gasteiger partial charge in [0.25, 0.3) is 0 Å². The SMILES string of the molecule is O=CCNC(=O)NCc1ccc(Cl)cc1Cl. The van der Waals surface area contributed by atoms with E-state index < -0.39 is 6.03 Å². The Kier molecular flexibility index (Phi) is 5.08. The van der Waals surface area contributed by atoms with Crippen molar-refractivity contribution in [3.63, 3.8) is 0 Å². The standard InChI is InChI=1S/C10H10Cl2N2O2/c11-8-2-1-7(9(12)5-8)6-14-10(16)13-3-4-15/h1-2,4-5H,3,6H2,(H2,13,14,16). The molecule has 86 valence electrons. The van der Waals surface area contributed by atoms with E-state index >= 15 is 0 Å². The largest absolute Gasteiger partial charge is 0.334 e. The number of halogens is 2. The van der Waals surface area contributed by atoms with Crippen molar-refractivity contribution in [3.05, 3.63) is 33.8 Å². The Morgan fingerprint density at radius 1 is 1.31 bits per heavy atom. The molecule has 2 amide bonds. The predicted octanol–water partition coefficient (Wildman–Crippen LogP) is 1.99. The van der Waals surface area contributed by atoms with Crippen LogP contribution in [0.25, 0.3) is 0 Å². The van der Waals surface area contributed by atoms with Crippen LogP contribution in [0.15, 0.2) is 18.2 Å². The van der Waals surface area contributed by atoms with Crippen molar-refractivity contribution >= 4 is 35.5 Å². The number of carbonyl (C=O) groups excluding carboxylic acids is 2. The fraction of sp³-hybridized carbons (Fsp3) is 0.200. The molecule has 2 N–H and O–H groups in total. The lowest BCUT2D eigenvalue weighted by atomic mass is 10.2. The fourth-order valence-electron chi connectivity index (χ4n) is 1.04. The van der Waals surface area contributed by atoms with Crippen molar-refractivity contribution in [2.75, 3.05) is 6.54 Å². The second-order valence-corrected chi connectivity index (χ2v) is 3.81. The first kappa shape index (κ1) is 12.8. The molecule has 0 aromatic heterocycles. The monoisotopic (exact) mass is 260 g/mol. The van der Waals surface area contributed by atoms with Crippen LogP contribution in [-0.4, -0.2) is 18.9 Å². The lowest BCUT2D eigenvalue weighted by molar-refractivity contribution is -0.107. The minimum absolute atomic E-state index is 0.0137. The summed E-state index contributed by atoms with van der Waals surface area (Å²) in [6.45, 7) is 0.265. The molecular weight excluding hydrogens is 251 g/mol. The van der Waals surface area contributed by atoms with Gasteiger partial charge in [0.1, 0.15) is 6.29 Å². The number of carbonyl (C=O) groups is 2. The molecular formula is C10H10Cl2N2O2. The van der Waals surface area contributed by atoms with Crippen molar-refractivity contribution in [2.24, 2.45) is 0 Å². The quantitative estimate of drug-likeness (QED) is 0.814. The number of nitrogens with one attached hydrogen (secondary N) is 2. The summed E-state index contributed by atoms with van der Waals surface area (Å²) in [6.07, 6.45) is 0.606. The Bertz CT molecular complexity index is 396. The third-order valence-corrected chi connectivity index (χ3v) is 2.39. The molecule has 0 unspecified atom stereocenters. The van der Waals surface area contributed by atoms with Crippen molar-refractivity contribution in [2.45, 2.75) is 6.54 Å². The number of hydrogen-bond donors (Lipinski definition) is 2. The molecule has 1 aromatic carbocycles. The summed E-state index contributed by atoms with van der Waals surface area (Å²) >= 11 is 11.6. The van der Waals surface area contributed by atoms with Gasteiger partial charge in [0.05, 0.1) is 6.54 Å². The lowest BCUT2D eigenvalue weighted by Gasteiger charge is -2.07. The number of aldehydes is 1. The van der Waals surface area contributed by atoms with E-state index in [0.29, 0.717) is 16.3 Å². The van der Waals surface area contributed by atoms with Crippen LogP contribution >= 0.6 is 23.2 Å². The van der Waals surface area contributed by atoms with Gasteiger partial charge in [-0.1, -0.05) is 29.3 Å². The van der Waals surface area contributed by atoms with Gasteiger partial charge in [0, 0.05) is 16.6 Å². The maximum absolute atomic E-state index is 11.1. The third kappa shape index (κ3) is 4.08. The molecule has 0 saturated heterocycles. The Labute approximate surface area is 103 Å². The van der Waals surface area contributed by atoms with E-state index in [0.717, 1.165) is 5.56 Å². The molecule has 0 aliphatic rings. The summed E-state index contributed by atoms with van der Waals surface area (Å²) in [7, 11) is 0. The van der Waals surface area contributed by atoms with E-state index in [4.69, 9.17) is 23.2 Å². The molecule has 0 spiro atoms. The highest BCUT2D eigenvalue weighted by Crippen LogP contribution is 2.20. The first-order valence-electron chi connectivity index (χ1n) is 4.52. The van der Waals surface area contributed by atoms with Crippen LogP contribution in [0.3, 0.4) is 0 Å². The molecule has 4 nitrogen and oxygen atoms in total. The van der Waals surface area contributed by atoms with E-state index in [1.54, 1.807) is 18.2 Å². The molecule has 0 fully saturated rings. The lowest BCUT2D eigenvalue weighted by Crippen LogP contribution is -2.36. The van der Waals surface area contributed by atoms with Gasteiger partial charge < -0.3 is 15.4 Å². The smallest absolute Gasteiger partial charge is 0.315 e. The molecule has 0 bridgehead atoms. The Balaban J connectivity index is 2.48. The molecule has 6 heteroatoms. The summed E-state index contributed by atoms with van der Waals surface area (Å²) in [5.41, 5.74) is 0.757. The second-order valence-electron chi connectivity index (χ2n) is 2.97. The number of amides is 2. The topological polar surface area (TPSA) is 58.2 Å². The number of rotatable bonds is 4. The van der Waals surface area contributed by atoms with E-state index in [-0.39, 0.29) is 13.1 Å². The molecule has 16 heavy (non-hydrogen) atoms. The maximum atomic E-state index is 11.1. The molecule has 1 aromatic rings. The molecule has 1 rings (SSSR count). The Morgan fingerprint density at radius 3 is 2.69 bits per heavy atom. The first-order chi connectivity index (χ1) is 7.63. The van der Waals surface area contributed by atoms with Gasteiger partial charge in [-0.05, 0) is 17.7 Å². The average Bonchev–Trinajstić information content (AvgIpc) is 2.25. The number of benzene rings is 1. The van der Waals surface area contributed by atoms with Crippen LogP contribution in [0.4, 0.5) is 4.79 Å². The fourth-order valence-corrected chi connectivity index (χ4v) is 1.51. The van der Waals surface area contributed by atoms with Gasteiger partial charge in [-0.25, -0.2) is 4.79 Å². The van der Waals surface area contributed by atoms with Gasteiger partial charge in [0.2, 0.25) is 0 Å². The minimum atomic E-state index is -0.418. The van der Waals surface area contributed by atoms with E-state index in [1.807, 2.05) is 0 Å². The van der Waals surface area contributed by atoms with Crippen LogP contribution < -0.4 is 10.6 Å². The van der Waals surface area contributed by atoms with Crippen LogP contribution in [0.5, 0.6) is 0 Å². The summed E-state index contributed by atoms with van der Waals surface area (Å²) in [5.74, 6) is 0. The maximum Gasteiger partial charge on any atom is 0.315 e. The van der Waals surface area contributed by atoms with Gasteiger partial charge in [-0.15, -0.1) is 0 Å². The average molecular weight is 261 g/mol. The van der Waals surface area contributed by atoms with Crippen molar-refractivity contribution in [3.8, 4) is 0 Å². The second kappa shape index (κ2) is 6.35. The molecule has 0 radical (unpaired) electrons. The summed E-state index contributed by atoms with van der Waals surface area (Å²) in [5, 5.41) is 5.93. The first-order valence-corrected chi connectivity index (χ1v) is 5.28. The predicted molar refractivity (Wildman–Crippen MR) is 62.8 cm³/mol. The molecule has 0 heterocycles. The van der Waals surface area contributed by atoms with Gasteiger partial charge in [0.15, 0.2) is 0 Å². The zero-order valence-corrected chi connectivity index (χ0v) is 9.81. The molecule has 0 aliphatic heterocycles. The van der Waals surface area contributed by atoms with E-state index in [2.05, 4.69) is 10.6 Å². The minimum Gasteiger partial charge on any atom is -0.334 e. The highest BCUT2D eigenvalue weighted by Gasteiger charge is 2.03. The van der Waals surface area contributed by atoms with Gasteiger partial charge in [-0.3, -0.25) is 0 Å². The Hall–Kier alpha value is -1.26. The number of hydrogen-bond acceptors (Lipinski definition) is 2. The summed E-state index contributed by atoms with van der Waals surface area (Å²) < 4.78 is 0.